The van der Waals surface area contributed by atoms with Crippen molar-refractivity contribution in [1.29, 1.82) is 0 Å². The van der Waals surface area contributed by atoms with Crippen LogP contribution in [0.4, 0.5) is 0 Å². The molecule has 1 N–H and O–H groups in total. The number of carbonyl (C=O) groups is 1. The van der Waals surface area contributed by atoms with Crippen LogP contribution in [0.2, 0.25) is 0 Å². The van der Waals surface area contributed by atoms with Crippen molar-refractivity contribution < 1.29 is 4.79 Å². The Balaban J connectivity index is 3.96. The van der Waals surface area contributed by atoms with Crippen LogP contribution in [0.25, 0.3) is 0 Å². The molecule has 0 radical (unpaired) electrons. The largest absolute Gasteiger partial charge is 0.351 e. The zero-order valence-corrected chi connectivity index (χ0v) is 8.66. The van der Waals surface area contributed by atoms with E-state index in [1.807, 2.05) is 20.8 Å². The lowest BCUT2D eigenvalue weighted by atomic mass is 9.89. The maximum Gasteiger partial charge on any atom is 0.225 e. The van der Waals surface area contributed by atoms with Crippen LogP contribution in [0.15, 0.2) is 11.6 Å². The number of hydrogen-bond donors (Lipinski definition) is 1. The van der Waals surface area contributed by atoms with Crippen molar-refractivity contribution in [2.45, 2.75) is 27.2 Å². The molecule has 2 nitrogen and oxygen atoms in total. The normalized spacial score (nSPS) is 11.0. The van der Waals surface area contributed by atoms with E-state index in [0.717, 1.165) is 6.42 Å². The number of halogens is 1. The summed E-state index contributed by atoms with van der Waals surface area (Å²) in [6, 6.07) is 0. The second kappa shape index (κ2) is 4.51. The van der Waals surface area contributed by atoms with E-state index >= 15 is 0 Å². The first kappa shape index (κ1) is 11.5. The van der Waals surface area contributed by atoms with E-state index in [1.54, 1.807) is 0 Å². The quantitative estimate of drug-likeness (QED) is 0.723. The Hall–Kier alpha value is -0.500. The first-order valence-corrected chi connectivity index (χ1v) is 4.39. The fourth-order valence-electron chi connectivity index (χ4n) is 0.576. The van der Waals surface area contributed by atoms with Gasteiger partial charge in [0.1, 0.15) is 0 Å². The van der Waals surface area contributed by atoms with Crippen molar-refractivity contribution in [3.63, 3.8) is 0 Å². The molecule has 0 spiro atoms. The van der Waals surface area contributed by atoms with E-state index in [9.17, 15) is 4.79 Å². The SMILES string of the molecule is C=C(Cl)CNC(=O)C(C)(C)CC. The molecule has 0 rings (SSSR count). The summed E-state index contributed by atoms with van der Waals surface area (Å²) < 4.78 is 0. The zero-order valence-electron chi connectivity index (χ0n) is 7.91. The van der Waals surface area contributed by atoms with Gasteiger partial charge in [0.05, 0.1) is 6.54 Å². The lowest BCUT2D eigenvalue weighted by molar-refractivity contribution is -0.129. The molecule has 12 heavy (non-hydrogen) atoms. The standard InChI is InChI=1S/C9H16ClNO/c1-5-9(3,4)8(12)11-6-7(2)10/h2,5-6H2,1,3-4H3,(H,11,12). The Morgan fingerprint density at radius 3 is 2.42 bits per heavy atom. The lowest BCUT2D eigenvalue weighted by Gasteiger charge is -2.21. The third-order valence-corrected chi connectivity index (χ3v) is 2.07. The predicted octanol–water partition coefficient (Wildman–Crippen LogP) is 2.29. The van der Waals surface area contributed by atoms with Crippen molar-refractivity contribution in [3.05, 3.63) is 11.6 Å². The van der Waals surface area contributed by atoms with Crippen LogP contribution >= 0.6 is 11.6 Å². The van der Waals surface area contributed by atoms with Gasteiger partial charge in [0.15, 0.2) is 0 Å². The maximum absolute atomic E-state index is 11.4. The number of nitrogens with one attached hydrogen (secondary N) is 1. The highest BCUT2D eigenvalue weighted by molar-refractivity contribution is 6.29. The molecule has 3 heteroatoms. The van der Waals surface area contributed by atoms with Gasteiger partial charge in [0.25, 0.3) is 0 Å². The van der Waals surface area contributed by atoms with Gasteiger partial charge in [-0.15, -0.1) is 0 Å². The van der Waals surface area contributed by atoms with Crippen LogP contribution in [0.5, 0.6) is 0 Å². The Labute approximate surface area is 79.0 Å². The van der Waals surface area contributed by atoms with Gasteiger partial charge in [-0.1, -0.05) is 39.0 Å². The molecule has 1 amide bonds. The molecule has 0 saturated carbocycles. The summed E-state index contributed by atoms with van der Waals surface area (Å²) in [5.74, 6) is 0.0202. The monoisotopic (exact) mass is 189 g/mol. The molecule has 70 valence electrons. The van der Waals surface area contributed by atoms with Crippen molar-refractivity contribution in [2.24, 2.45) is 5.41 Å². The minimum absolute atomic E-state index is 0.0202. The highest BCUT2D eigenvalue weighted by atomic mass is 35.5. The van der Waals surface area contributed by atoms with E-state index in [2.05, 4.69) is 11.9 Å². The molecule has 0 saturated heterocycles. The van der Waals surface area contributed by atoms with Gasteiger partial charge in [0, 0.05) is 10.4 Å². The average molecular weight is 190 g/mol. The summed E-state index contributed by atoms with van der Waals surface area (Å²) >= 11 is 5.51. The van der Waals surface area contributed by atoms with Crippen LogP contribution in [0.3, 0.4) is 0 Å². The van der Waals surface area contributed by atoms with E-state index in [1.165, 1.54) is 0 Å². The van der Waals surface area contributed by atoms with Gasteiger partial charge in [-0.25, -0.2) is 0 Å². The number of rotatable bonds is 4. The molecular weight excluding hydrogens is 174 g/mol. The van der Waals surface area contributed by atoms with Crippen LogP contribution in [0.1, 0.15) is 27.2 Å². The molecule has 0 aliphatic carbocycles. The fourth-order valence-corrected chi connectivity index (χ4v) is 0.643. The second-order valence-electron chi connectivity index (χ2n) is 3.44. The number of hydrogen-bond acceptors (Lipinski definition) is 1. The second-order valence-corrected chi connectivity index (χ2v) is 3.97. The van der Waals surface area contributed by atoms with Gasteiger partial charge in [-0.2, -0.15) is 0 Å². The summed E-state index contributed by atoms with van der Waals surface area (Å²) in [6.07, 6.45) is 0.813. The first-order chi connectivity index (χ1) is 5.40. The van der Waals surface area contributed by atoms with Crippen molar-refractivity contribution in [2.75, 3.05) is 6.54 Å². The summed E-state index contributed by atoms with van der Waals surface area (Å²) in [6.45, 7) is 9.62. The van der Waals surface area contributed by atoms with Gasteiger partial charge in [0.2, 0.25) is 5.91 Å². The molecule has 0 aromatic heterocycles. The van der Waals surface area contributed by atoms with E-state index in [0.29, 0.717) is 11.6 Å². The van der Waals surface area contributed by atoms with Gasteiger partial charge in [-0.05, 0) is 6.42 Å². The number of amides is 1. The molecule has 0 atom stereocenters. The van der Waals surface area contributed by atoms with Gasteiger partial charge < -0.3 is 5.32 Å². The van der Waals surface area contributed by atoms with Crippen LogP contribution < -0.4 is 5.32 Å². The highest BCUT2D eigenvalue weighted by Gasteiger charge is 2.24. The minimum atomic E-state index is -0.313. The predicted molar refractivity (Wildman–Crippen MR) is 52.1 cm³/mol. The Morgan fingerprint density at radius 1 is 1.58 bits per heavy atom. The van der Waals surface area contributed by atoms with Gasteiger partial charge >= 0.3 is 0 Å². The Morgan fingerprint density at radius 2 is 2.08 bits per heavy atom. The van der Waals surface area contributed by atoms with E-state index in [4.69, 9.17) is 11.6 Å². The van der Waals surface area contributed by atoms with Crippen LogP contribution in [-0.4, -0.2) is 12.5 Å². The lowest BCUT2D eigenvalue weighted by Crippen LogP contribution is -2.36. The van der Waals surface area contributed by atoms with E-state index in [-0.39, 0.29) is 11.3 Å². The molecule has 0 aliphatic heterocycles. The molecule has 0 aliphatic rings. The van der Waals surface area contributed by atoms with Crippen LogP contribution in [-0.2, 0) is 4.79 Å². The minimum Gasteiger partial charge on any atom is -0.351 e. The fraction of sp³-hybridized carbons (Fsp3) is 0.667. The molecule has 0 bridgehead atoms. The molecule has 0 heterocycles. The average Bonchev–Trinajstić information content (AvgIpc) is 2.00. The Bertz CT molecular complexity index is 187. The van der Waals surface area contributed by atoms with Crippen molar-refractivity contribution >= 4 is 17.5 Å². The van der Waals surface area contributed by atoms with Crippen molar-refractivity contribution in [1.82, 2.24) is 5.32 Å². The smallest absolute Gasteiger partial charge is 0.225 e. The third kappa shape index (κ3) is 3.77. The van der Waals surface area contributed by atoms with E-state index < -0.39 is 0 Å². The topological polar surface area (TPSA) is 29.1 Å². The molecule has 0 fully saturated rings. The zero-order chi connectivity index (χ0) is 9.78. The van der Waals surface area contributed by atoms with Gasteiger partial charge in [-0.3, -0.25) is 4.79 Å². The summed E-state index contributed by atoms with van der Waals surface area (Å²) in [5, 5.41) is 3.16. The van der Waals surface area contributed by atoms with Crippen LogP contribution in [0, 0.1) is 5.41 Å². The summed E-state index contributed by atoms with van der Waals surface area (Å²) in [5.41, 5.74) is -0.313. The molecule has 0 aromatic rings. The summed E-state index contributed by atoms with van der Waals surface area (Å²) in [7, 11) is 0. The van der Waals surface area contributed by atoms with Crippen molar-refractivity contribution in [3.8, 4) is 0 Å². The highest BCUT2D eigenvalue weighted by Crippen LogP contribution is 2.19. The number of carbonyl (C=O) groups excluding carboxylic acids is 1. The summed E-state index contributed by atoms with van der Waals surface area (Å²) in [4.78, 5) is 11.4. The third-order valence-electron chi connectivity index (χ3n) is 1.94. The first-order valence-electron chi connectivity index (χ1n) is 4.01. The molecular formula is C9H16ClNO. The molecule has 0 aromatic carbocycles. The molecule has 0 unspecified atom stereocenters. The maximum atomic E-state index is 11.4. The Kier molecular flexibility index (Phi) is 4.32.